The molecule has 8 aromatic rings. The van der Waals surface area contributed by atoms with Crippen LogP contribution in [-0.2, 0) is 20.1 Å². The van der Waals surface area contributed by atoms with E-state index in [1.165, 1.54) is 38.3 Å². The minimum Gasteiger partial charge on any atom is -0.310 e. The zero-order chi connectivity index (χ0) is 24.6. The largest absolute Gasteiger partial charge is 0.310 e. The van der Waals surface area contributed by atoms with Crippen molar-refractivity contribution < 1.29 is 20.1 Å². The molecule has 0 spiro atoms. The SMILES string of the molecule is [Ir].[c-]1cccc2c1c1nccc3c1c1c2cccc1n3-c1ccccc1.[c-]1ccccc1-c1ccccn1. The minimum atomic E-state index is 0. The summed E-state index contributed by atoms with van der Waals surface area (Å²) in [5, 5.41) is 6.10. The molecule has 38 heavy (non-hydrogen) atoms. The van der Waals surface area contributed by atoms with E-state index in [0.717, 1.165) is 22.2 Å². The second-order valence-corrected chi connectivity index (χ2v) is 8.87. The average molecular weight is 664 g/mol. The summed E-state index contributed by atoms with van der Waals surface area (Å²) in [6.45, 7) is 0. The van der Waals surface area contributed by atoms with Crippen LogP contribution < -0.4 is 0 Å². The maximum atomic E-state index is 4.72. The summed E-state index contributed by atoms with van der Waals surface area (Å²) in [5.41, 5.74) is 6.64. The Morgan fingerprint density at radius 3 is 2.16 bits per heavy atom. The van der Waals surface area contributed by atoms with Gasteiger partial charge in [-0.1, -0.05) is 53.2 Å². The van der Waals surface area contributed by atoms with Gasteiger partial charge in [-0.15, -0.1) is 65.5 Å². The van der Waals surface area contributed by atoms with Gasteiger partial charge in [0, 0.05) is 43.7 Å². The number of hydrogen-bond acceptors (Lipinski definition) is 2. The second-order valence-electron chi connectivity index (χ2n) is 8.87. The fourth-order valence-electron chi connectivity index (χ4n) is 5.20. The predicted octanol–water partition coefficient (Wildman–Crippen LogP) is 8.27. The summed E-state index contributed by atoms with van der Waals surface area (Å²) in [6.07, 6.45) is 3.70. The van der Waals surface area contributed by atoms with E-state index >= 15 is 0 Å². The Morgan fingerprint density at radius 2 is 1.34 bits per heavy atom. The Morgan fingerprint density at radius 1 is 0.553 bits per heavy atom. The van der Waals surface area contributed by atoms with Gasteiger partial charge in [-0.3, -0.25) is 0 Å². The first-order chi connectivity index (χ1) is 18.4. The molecule has 0 bridgehead atoms. The Labute approximate surface area is 234 Å². The number of pyridine rings is 2. The molecule has 0 aliphatic carbocycles. The molecule has 0 saturated heterocycles. The Hall–Kier alpha value is -4.37. The van der Waals surface area contributed by atoms with Crippen LogP contribution in [0.1, 0.15) is 0 Å². The van der Waals surface area contributed by atoms with Gasteiger partial charge in [-0.05, 0) is 52.3 Å². The maximum Gasteiger partial charge on any atom is 0.0531 e. The molecule has 0 N–H and O–H groups in total. The molecule has 0 atom stereocenters. The molecule has 0 fully saturated rings. The zero-order valence-corrected chi connectivity index (χ0v) is 22.7. The topological polar surface area (TPSA) is 30.7 Å². The molecule has 8 rings (SSSR count). The molecule has 0 saturated carbocycles. The quantitative estimate of drug-likeness (QED) is 0.138. The third kappa shape index (κ3) is 3.95. The van der Waals surface area contributed by atoms with Crippen molar-refractivity contribution in [3.05, 3.63) is 140 Å². The van der Waals surface area contributed by atoms with E-state index < -0.39 is 0 Å². The Balaban J connectivity index is 0.000000172. The van der Waals surface area contributed by atoms with Gasteiger partial charge in [-0.2, -0.15) is 0 Å². The maximum absolute atomic E-state index is 4.72. The number of para-hydroxylation sites is 1. The van der Waals surface area contributed by atoms with Crippen molar-refractivity contribution in [2.75, 3.05) is 0 Å². The Bertz CT molecular complexity index is 1840. The third-order valence-electron chi connectivity index (χ3n) is 6.75. The molecular formula is C34H21IrN3-2. The van der Waals surface area contributed by atoms with Gasteiger partial charge >= 0.3 is 0 Å². The molecule has 4 heteroatoms. The van der Waals surface area contributed by atoms with Crippen molar-refractivity contribution in [3.63, 3.8) is 0 Å². The monoisotopic (exact) mass is 664 g/mol. The van der Waals surface area contributed by atoms with E-state index in [0.29, 0.717) is 0 Å². The number of rotatable bonds is 2. The summed E-state index contributed by atoms with van der Waals surface area (Å²) in [6, 6.07) is 45.6. The Kier molecular flexibility index (Phi) is 6.43. The summed E-state index contributed by atoms with van der Waals surface area (Å²) < 4.78 is 2.34. The molecule has 0 unspecified atom stereocenters. The van der Waals surface area contributed by atoms with E-state index in [1.807, 2.05) is 54.7 Å². The molecule has 183 valence electrons. The van der Waals surface area contributed by atoms with E-state index in [4.69, 9.17) is 4.98 Å². The van der Waals surface area contributed by atoms with Gasteiger partial charge < -0.3 is 14.5 Å². The van der Waals surface area contributed by atoms with Gasteiger partial charge in [0.15, 0.2) is 0 Å². The van der Waals surface area contributed by atoms with E-state index in [1.54, 1.807) is 6.20 Å². The van der Waals surface area contributed by atoms with Crippen molar-refractivity contribution >= 4 is 43.5 Å². The van der Waals surface area contributed by atoms with Crippen LogP contribution in [0.4, 0.5) is 0 Å². The van der Waals surface area contributed by atoms with Crippen molar-refractivity contribution in [1.29, 1.82) is 0 Å². The number of hydrogen-bond donors (Lipinski definition) is 0. The summed E-state index contributed by atoms with van der Waals surface area (Å²) in [4.78, 5) is 8.94. The first kappa shape index (κ1) is 24.0. The molecule has 0 aliphatic heterocycles. The zero-order valence-electron chi connectivity index (χ0n) is 20.3. The van der Waals surface area contributed by atoms with Crippen LogP contribution in [0.5, 0.6) is 0 Å². The van der Waals surface area contributed by atoms with Crippen LogP contribution >= 0.6 is 0 Å². The van der Waals surface area contributed by atoms with Gasteiger partial charge in [0.05, 0.1) is 5.52 Å². The van der Waals surface area contributed by atoms with Crippen molar-refractivity contribution in [2.45, 2.75) is 0 Å². The summed E-state index contributed by atoms with van der Waals surface area (Å²) >= 11 is 0. The van der Waals surface area contributed by atoms with Gasteiger partial charge in [0.25, 0.3) is 0 Å². The van der Waals surface area contributed by atoms with Crippen molar-refractivity contribution in [3.8, 4) is 16.9 Å². The van der Waals surface area contributed by atoms with Gasteiger partial charge in [-0.25, -0.2) is 0 Å². The second kappa shape index (κ2) is 10.2. The predicted molar refractivity (Wildman–Crippen MR) is 152 cm³/mol. The number of fused-ring (bicyclic) bond motifs is 3. The van der Waals surface area contributed by atoms with Gasteiger partial charge in [0.2, 0.25) is 0 Å². The molecule has 5 aromatic carbocycles. The average Bonchev–Trinajstić information content (AvgIpc) is 3.34. The first-order valence-electron chi connectivity index (χ1n) is 12.3. The molecule has 3 nitrogen and oxygen atoms in total. The van der Waals surface area contributed by atoms with Crippen molar-refractivity contribution in [2.24, 2.45) is 0 Å². The van der Waals surface area contributed by atoms with Crippen LogP contribution in [0, 0.1) is 12.1 Å². The van der Waals surface area contributed by atoms with E-state index in [2.05, 4.69) is 88.4 Å². The fraction of sp³-hybridized carbons (Fsp3) is 0. The molecule has 0 aliphatic rings. The normalized spacial score (nSPS) is 10.9. The molecule has 3 aromatic heterocycles. The third-order valence-corrected chi connectivity index (χ3v) is 6.75. The standard InChI is InChI=1S/C23H13N2.C11H8N.Ir/c1-2-7-15(8-3-1)25-19-12-6-11-17-16-9-4-5-10-18(16)23-22(21(17)19)20(25)13-14-24-23;1-2-6-10(7-3-1)11-8-4-5-9-12-11;/h1-9,11-14H;1-6,8-9H;/q2*-1;. The van der Waals surface area contributed by atoms with E-state index in [-0.39, 0.29) is 20.1 Å². The van der Waals surface area contributed by atoms with Crippen LogP contribution in [0.15, 0.2) is 128 Å². The molecule has 0 amide bonds. The van der Waals surface area contributed by atoms with Crippen LogP contribution in [0.25, 0.3) is 60.4 Å². The first-order valence-corrected chi connectivity index (χ1v) is 12.3. The fourth-order valence-corrected chi connectivity index (χ4v) is 5.20. The molecule has 3 heterocycles. The van der Waals surface area contributed by atoms with E-state index in [9.17, 15) is 0 Å². The molecule has 1 radical (unpaired) electrons. The number of aromatic nitrogens is 3. The minimum absolute atomic E-state index is 0. The number of benzene rings is 5. The molecular weight excluding hydrogens is 643 g/mol. The number of nitrogens with zero attached hydrogens (tertiary/aromatic N) is 3. The summed E-state index contributed by atoms with van der Waals surface area (Å²) in [5.74, 6) is 0. The van der Waals surface area contributed by atoms with Crippen LogP contribution in [-0.4, -0.2) is 14.5 Å². The van der Waals surface area contributed by atoms with Crippen LogP contribution in [0.2, 0.25) is 0 Å². The smallest absolute Gasteiger partial charge is 0.0531 e. The van der Waals surface area contributed by atoms with Gasteiger partial charge in [0.1, 0.15) is 0 Å². The van der Waals surface area contributed by atoms with Crippen LogP contribution in [0.3, 0.4) is 0 Å². The summed E-state index contributed by atoms with van der Waals surface area (Å²) in [7, 11) is 0. The van der Waals surface area contributed by atoms with Crippen molar-refractivity contribution in [1.82, 2.24) is 14.5 Å².